The van der Waals surface area contributed by atoms with Crippen LogP contribution < -0.4 is 5.32 Å². The van der Waals surface area contributed by atoms with Crippen molar-refractivity contribution in [1.29, 1.82) is 0 Å². The molecule has 112 valence electrons. The molecule has 1 aromatic carbocycles. The summed E-state index contributed by atoms with van der Waals surface area (Å²) in [6.07, 6.45) is 0. The van der Waals surface area contributed by atoms with Crippen molar-refractivity contribution in [2.45, 2.75) is 26.8 Å². The first-order valence-corrected chi connectivity index (χ1v) is 7.78. The second-order valence-corrected chi connectivity index (χ2v) is 6.17. The Bertz CT molecular complexity index is 404. The van der Waals surface area contributed by atoms with E-state index in [2.05, 4.69) is 61.1 Å². The fourth-order valence-corrected chi connectivity index (χ4v) is 2.93. The van der Waals surface area contributed by atoms with E-state index in [0.29, 0.717) is 6.04 Å². The van der Waals surface area contributed by atoms with Gasteiger partial charge in [-0.25, -0.2) is 0 Å². The third-order valence-corrected chi connectivity index (χ3v) is 4.37. The highest BCUT2D eigenvalue weighted by Crippen LogP contribution is 2.21. The first-order valence-electron chi connectivity index (χ1n) is 7.78. The minimum atomic E-state index is 0.483. The van der Waals surface area contributed by atoms with Crippen molar-refractivity contribution in [2.24, 2.45) is 0 Å². The van der Waals surface area contributed by atoms with E-state index in [4.69, 9.17) is 0 Å². The molecule has 0 amide bonds. The van der Waals surface area contributed by atoms with Gasteiger partial charge in [-0.05, 0) is 33.4 Å². The topological polar surface area (TPSA) is 18.5 Å². The summed E-state index contributed by atoms with van der Waals surface area (Å²) in [6.45, 7) is 13.6. The molecule has 1 aliphatic rings. The molecule has 1 fully saturated rings. The van der Waals surface area contributed by atoms with Gasteiger partial charge < -0.3 is 5.32 Å². The van der Waals surface area contributed by atoms with Gasteiger partial charge in [0, 0.05) is 45.3 Å². The molecule has 0 bridgehead atoms. The highest BCUT2D eigenvalue weighted by molar-refractivity contribution is 5.30. The SMILES string of the molecule is Cc1cc(C)cc(C(C)N(C)CCN2CCNCC2)c1. The Hall–Kier alpha value is -0.900. The molecule has 1 aliphatic heterocycles. The van der Waals surface area contributed by atoms with E-state index in [0.717, 1.165) is 19.6 Å². The summed E-state index contributed by atoms with van der Waals surface area (Å²) in [4.78, 5) is 5.03. The summed E-state index contributed by atoms with van der Waals surface area (Å²) in [6, 6.07) is 7.37. The molecule has 1 N–H and O–H groups in total. The molecule has 0 radical (unpaired) electrons. The summed E-state index contributed by atoms with van der Waals surface area (Å²) in [5.41, 5.74) is 4.16. The first-order chi connectivity index (χ1) is 9.56. The van der Waals surface area contributed by atoms with E-state index in [1.54, 1.807) is 0 Å². The van der Waals surface area contributed by atoms with Crippen LogP contribution in [0.5, 0.6) is 0 Å². The minimum Gasteiger partial charge on any atom is -0.314 e. The molecule has 3 nitrogen and oxygen atoms in total. The van der Waals surface area contributed by atoms with Crippen LogP contribution in [0.4, 0.5) is 0 Å². The maximum absolute atomic E-state index is 3.41. The van der Waals surface area contributed by atoms with Crippen LogP contribution in [-0.4, -0.2) is 56.1 Å². The van der Waals surface area contributed by atoms with Crippen molar-refractivity contribution < 1.29 is 0 Å². The molecule has 2 rings (SSSR count). The van der Waals surface area contributed by atoms with Crippen LogP contribution >= 0.6 is 0 Å². The van der Waals surface area contributed by atoms with E-state index in [1.807, 2.05) is 0 Å². The predicted octanol–water partition coefficient (Wildman–Crippen LogP) is 2.20. The lowest BCUT2D eigenvalue weighted by Crippen LogP contribution is -2.46. The average molecular weight is 275 g/mol. The lowest BCUT2D eigenvalue weighted by molar-refractivity contribution is 0.183. The smallest absolute Gasteiger partial charge is 0.0317 e. The van der Waals surface area contributed by atoms with Crippen LogP contribution in [0.15, 0.2) is 18.2 Å². The summed E-state index contributed by atoms with van der Waals surface area (Å²) < 4.78 is 0. The molecule has 0 aliphatic carbocycles. The maximum Gasteiger partial charge on any atom is 0.0317 e. The van der Waals surface area contributed by atoms with Gasteiger partial charge in [0.2, 0.25) is 0 Å². The molecule has 0 spiro atoms. The molecule has 0 aromatic heterocycles. The van der Waals surface area contributed by atoms with Gasteiger partial charge in [-0.1, -0.05) is 29.3 Å². The van der Waals surface area contributed by atoms with Gasteiger partial charge in [0.1, 0.15) is 0 Å². The number of rotatable bonds is 5. The number of hydrogen-bond acceptors (Lipinski definition) is 3. The Morgan fingerprint density at radius 2 is 1.75 bits per heavy atom. The molecule has 0 saturated carbocycles. The van der Waals surface area contributed by atoms with Crippen molar-refractivity contribution in [2.75, 3.05) is 46.3 Å². The van der Waals surface area contributed by atoms with Gasteiger partial charge in [-0.3, -0.25) is 9.80 Å². The summed E-state index contributed by atoms with van der Waals surface area (Å²) in [5, 5.41) is 3.41. The summed E-state index contributed by atoms with van der Waals surface area (Å²) in [7, 11) is 2.24. The fourth-order valence-electron chi connectivity index (χ4n) is 2.93. The molecular weight excluding hydrogens is 246 g/mol. The van der Waals surface area contributed by atoms with E-state index >= 15 is 0 Å². The van der Waals surface area contributed by atoms with E-state index in [1.165, 1.54) is 36.3 Å². The molecule has 1 aromatic rings. The standard InChI is InChI=1S/C17H29N3/c1-14-11-15(2)13-17(12-14)16(3)19(4)9-10-20-7-5-18-6-8-20/h11-13,16,18H,5-10H2,1-4H3. The van der Waals surface area contributed by atoms with Crippen molar-refractivity contribution in [1.82, 2.24) is 15.1 Å². The molecule has 1 atom stereocenters. The lowest BCUT2D eigenvalue weighted by Gasteiger charge is -2.31. The van der Waals surface area contributed by atoms with Crippen molar-refractivity contribution in [3.8, 4) is 0 Å². The summed E-state index contributed by atoms with van der Waals surface area (Å²) >= 11 is 0. The zero-order valence-corrected chi connectivity index (χ0v) is 13.4. The Morgan fingerprint density at radius 3 is 2.35 bits per heavy atom. The fraction of sp³-hybridized carbons (Fsp3) is 0.647. The minimum absolute atomic E-state index is 0.483. The van der Waals surface area contributed by atoms with Crippen LogP contribution in [0, 0.1) is 13.8 Å². The van der Waals surface area contributed by atoms with Gasteiger partial charge in [0.05, 0.1) is 0 Å². The molecule has 1 unspecified atom stereocenters. The van der Waals surface area contributed by atoms with Gasteiger partial charge in [-0.2, -0.15) is 0 Å². The third kappa shape index (κ3) is 4.30. The third-order valence-electron chi connectivity index (χ3n) is 4.37. The molecular formula is C17H29N3. The van der Waals surface area contributed by atoms with Gasteiger partial charge in [-0.15, -0.1) is 0 Å². The summed E-state index contributed by atoms with van der Waals surface area (Å²) in [5.74, 6) is 0. The average Bonchev–Trinajstić information content (AvgIpc) is 2.44. The van der Waals surface area contributed by atoms with Crippen LogP contribution in [0.3, 0.4) is 0 Å². The van der Waals surface area contributed by atoms with Crippen molar-refractivity contribution in [3.05, 3.63) is 34.9 Å². The Morgan fingerprint density at radius 1 is 1.15 bits per heavy atom. The van der Waals surface area contributed by atoms with E-state index in [-0.39, 0.29) is 0 Å². The van der Waals surface area contributed by atoms with Crippen LogP contribution in [-0.2, 0) is 0 Å². The van der Waals surface area contributed by atoms with Crippen LogP contribution in [0.2, 0.25) is 0 Å². The Labute approximate surface area is 124 Å². The molecule has 20 heavy (non-hydrogen) atoms. The predicted molar refractivity (Wildman–Crippen MR) is 86.3 cm³/mol. The maximum atomic E-state index is 3.41. The number of hydrogen-bond donors (Lipinski definition) is 1. The first kappa shape index (κ1) is 15.5. The van der Waals surface area contributed by atoms with Gasteiger partial charge >= 0.3 is 0 Å². The zero-order chi connectivity index (χ0) is 14.5. The monoisotopic (exact) mass is 275 g/mol. The number of nitrogens with zero attached hydrogens (tertiary/aromatic N) is 2. The van der Waals surface area contributed by atoms with Gasteiger partial charge in [0.25, 0.3) is 0 Å². The van der Waals surface area contributed by atoms with Crippen molar-refractivity contribution in [3.63, 3.8) is 0 Å². The van der Waals surface area contributed by atoms with E-state index in [9.17, 15) is 0 Å². The highest BCUT2D eigenvalue weighted by Gasteiger charge is 2.15. The lowest BCUT2D eigenvalue weighted by atomic mass is 10.0. The Kier molecular flexibility index (Phi) is 5.58. The number of benzene rings is 1. The van der Waals surface area contributed by atoms with E-state index < -0.39 is 0 Å². The van der Waals surface area contributed by atoms with Crippen LogP contribution in [0.1, 0.15) is 29.7 Å². The number of nitrogens with one attached hydrogen (secondary N) is 1. The van der Waals surface area contributed by atoms with Gasteiger partial charge in [0.15, 0.2) is 0 Å². The number of aryl methyl sites for hydroxylation is 2. The molecule has 1 saturated heterocycles. The molecule has 3 heteroatoms. The van der Waals surface area contributed by atoms with Crippen LogP contribution in [0.25, 0.3) is 0 Å². The second kappa shape index (κ2) is 7.21. The van der Waals surface area contributed by atoms with Crippen molar-refractivity contribution >= 4 is 0 Å². The number of likely N-dealkylation sites (N-methyl/N-ethyl adjacent to an activating group) is 1. The highest BCUT2D eigenvalue weighted by atomic mass is 15.2. The Balaban J connectivity index is 1.88. The zero-order valence-electron chi connectivity index (χ0n) is 13.4. The normalized spacial score (nSPS) is 18.4. The quantitative estimate of drug-likeness (QED) is 0.889. The second-order valence-electron chi connectivity index (χ2n) is 6.17. The largest absolute Gasteiger partial charge is 0.314 e. The number of piperazine rings is 1. The molecule has 1 heterocycles.